The molecule has 2 nitrogen and oxygen atoms in total. The van der Waals surface area contributed by atoms with Gasteiger partial charge in [-0.1, -0.05) is 19.9 Å². The summed E-state index contributed by atoms with van der Waals surface area (Å²) in [5.74, 6) is 2.72. The van der Waals surface area contributed by atoms with Gasteiger partial charge in [0.25, 0.3) is 0 Å². The van der Waals surface area contributed by atoms with E-state index in [9.17, 15) is 0 Å². The lowest BCUT2D eigenvalue weighted by molar-refractivity contribution is 0.100. The van der Waals surface area contributed by atoms with E-state index in [1.165, 1.54) is 49.7 Å². The Morgan fingerprint density at radius 2 is 1.95 bits per heavy atom. The molecule has 0 saturated heterocycles. The van der Waals surface area contributed by atoms with Gasteiger partial charge < -0.3 is 10.1 Å². The molecule has 1 aromatic rings. The lowest BCUT2D eigenvalue weighted by atomic mass is 9.80. The van der Waals surface area contributed by atoms with Crippen LogP contribution >= 0.6 is 0 Å². The van der Waals surface area contributed by atoms with Gasteiger partial charge in [-0.2, -0.15) is 0 Å². The van der Waals surface area contributed by atoms with Gasteiger partial charge in [0, 0.05) is 6.04 Å². The van der Waals surface area contributed by atoms with Crippen LogP contribution in [0.1, 0.15) is 63.1 Å². The van der Waals surface area contributed by atoms with Gasteiger partial charge in [-0.05, 0) is 80.7 Å². The third-order valence-corrected chi connectivity index (χ3v) is 5.63. The Morgan fingerprint density at radius 3 is 2.71 bits per heavy atom. The third kappa shape index (κ3) is 3.26. The summed E-state index contributed by atoms with van der Waals surface area (Å²) in [6.45, 7) is 4.74. The molecular formula is C19H29NO. The van der Waals surface area contributed by atoms with Crippen molar-refractivity contribution in [2.45, 2.75) is 64.5 Å². The minimum Gasteiger partial charge on any atom is -0.490 e. The number of aryl methyl sites for hydroxylation is 1. The largest absolute Gasteiger partial charge is 0.490 e. The van der Waals surface area contributed by atoms with Crippen LogP contribution in [0.5, 0.6) is 5.75 Å². The van der Waals surface area contributed by atoms with Crippen LogP contribution < -0.4 is 10.1 Å². The monoisotopic (exact) mass is 287 g/mol. The van der Waals surface area contributed by atoms with Crippen molar-refractivity contribution in [3.63, 3.8) is 0 Å². The molecule has 1 N–H and O–H groups in total. The molecule has 2 aliphatic rings. The average Bonchev–Trinajstić information content (AvgIpc) is 2.50. The summed E-state index contributed by atoms with van der Waals surface area (Å²) in [4.78, 5) is 0. The highest BCUT2D eigenvalue weighted by Crippen LogP contribution is 2.35. The summed E-state index contributed by atoms with van der Waals surface area (Å²) in [5, 5.41) is 3.43. The molecule has 0 heterocycles. The first kappa shape index (κ1) is 14.9. The fraction of sp³-hybridized carbons (Fsp3) is 0.684. The van der Waals surface area contributed by atoms with Crippen molar-refractivity contribution in [2.75, 3.05) is 7.05 Å². The predicted octanol–water partition coefficient (Wildman–Crippen LogP) is 4.49. The zero-order valence-electron chi connectivity index (χ0n) is 13.7. The van der Waals surface area contributed by atoms with E-state index in [1.54, 1.807) is 0 Å². The van der Waals surface area contributed by atoms with Crippen molar-refractivity contribution < 1.29 is 4.74 Å². The van der Waals surface area contributed by atoms with Crippen LogP contribution in [0.2, 0.25) is 0 Å². The zero-order chi connectivity index (χ0) is 14.8. The van der Waals surface area contributed by atoms with E-state index in [2.05, 4.69) is 44.4 Å². The van der Waals surface area contributed by atoms with E-state index >= 15 is 0 Å². The first-order valence-corrected chi connectivity index (χ1v) is 8.64. The maximum atomic E-state index is 6.29. The highest BCUT2D eigenvalue weighted by atomic mass is 16.5. The Labute approximate surface area is 129 Å². The number of ether oxygens (including phenoxy) is 1. The molecule has 0 aliphatic heterocycles. The molecule has 21 heavy (non-hydrogen) atoms. The minimum absolute atomic E-state index is 0.415. The van der Waals surface area contributed by atoms with E-state index in [4.69, 9.17) is 4.74 Å². The van der Waals surface area contributed by atoms with Crippen molar-refractivity contribution in [2.24, 2.45) is 11.8 Å². The van der Waals surface area contributed by atoms with Crippen LogP contribution in [0.15, 0.2) is 18.2 Å². The van der Waals surface area contributed by atoms with Crippen molar-refractivity contribution >= 4 is 0 Å². The van der Waals surface area contributed by atoms with Gasteiger partial charge in [0.2, 0.25) is 0 Å². The van der Waals surface area contributed by atoms with Crippen LogP contribution in [0.3, 0.4) is 0 Å². The van der Waals surface area contributed by atoms with Crippen molar-refractivity contribution in [3.8, 4) is 5.75 Å². The molecule has 0 radical (unpaired) electrons. The summed E-state index contributed by atoms with van der Waals surface area (Å²) < 4.78 is 6.29. The Balaban J connectivity index is 1.70. The molecule has 0 spiro atoms. The highest BCUT2D eigenvalue weighted by molar-refractivity contribution is 5.39. The highest BCUT2D eigenvalue weighted by Gasteiger charge is 2.26. The summed E-state index contributed by atoms with van der Waals surface area (Å²) in [5.41, 5.74) is 2.96. The molecule has 0 amide bonds. The Hall–Kier alpha value is -1.02. The Morgan fingerprint density at radius 1 is 1.10 bits per heavy atom. The number of fused-ring (bicyclic) bond motifs is 1. The van der Waals surface area contributed by atoms with Crippen molar-refractivity contribution in [3.05, 3.63) is 29.3 Å². The molecule has 3 rings (SSSR count). The van der Waals surface area contributed by atoms with Gasteiger partial charge in [0.15, 0.2) is 0 Å². The van der Waals surface area contributed by atoms with E-state index < -0.39 is 0 Å². The van der Waals surface area contributed by atoms with Crippen LogP contribution in [0.25, 0.3) is 0 Å². The molecule has 0 aromatic heterocycles. The number of hydrogen-bond acceptors (Lipinski definition) is 2. The number of benzene rings is 1. The van der Waals surface area contributed by atoms with Gasteiger partial charge in [-0.3, -0.25) is 0 Å². The second-order valence-electron chi connectivity index (χ2n) is 7.10. The van der Waals surface area contributed by atoms with E-state index in [1.807, 2.05) is 0 Å². The molecule has 4 unspecified atom stereocenters. The SMILES string of the molecule is CNC1CCCc2cc(OC3CCC(C)C(C)C3)ccc21. The van der Waals surface area contributed by atoms with E-state index in [-0.39, 0.29) is 0 Å². The van der Waals surface area contributed by atoms with Gasteiger partial charge >= 0.3 is 0 Å². The smallest absolute Gasteiger partial charge is 0.120 e. The third-order valence-electron chi connectivity index (χ3n) is 5.63. The van der Waals surface area contributed by atoms with Crippen LogP contribution in [0, 0.1) is 11.8 Å². The lowest BCUT2D eigenvalue weighted by Gasteiger charge is -2.32. The molecule has 116 valence electrons. The second kappa shape index (κ2) is 6.39. The first-order valence-electron chi connectivity index (χ1n) is 8.64. The zero-order valence-corrected chi connectivity index (χ0v) is 13.7. The number of nitrogens with one attached hydrogen (secondary N) is 1. The van der Waals surface area contributed by atoms with E-state index in [0.29, 0.717) is 12.1 Å². The number of hydrogen-bond donors (Lipinski definition) is 1. The van der Waals surface area contributed by atoms with E-state index in [0.717, 1.165) is 17.6 Å². The maximum Gasteiger partial charge on any atom is 0.120 e. The molecule has 1 fully saturated rings. The van der Waals surface area contributed by atoms with Gasteiger partial charge in [0.1, 0.15) is 5.75 Å². The van der Waals surface area contributed by atoms with Gasteiger partial charge in [0.05, 0.1) is 6.10 Å². The first-order chi connectivity index (χ1) is 10.2. The van der Waals surface area contributed by atoms with Crippen LogP contribution in [0.4, 0.5) is 0 Å². The molecule has 0 bridgehead atoms. The second-order valence-corrected chi connectivity index (χ2v) is 7.10. The fourth-order valence-corrected chi connectivity index (χ4v) is 3.96. The topological polar surface area (TPSA) is 21.3 Å². The van der Waals surface area contributed by atoms with Crippen LogP contribution in [-0.4, -0.2) is 13.2 Å². The fourth-order valence-electron chi connectivity index (χ4n) is 3.96. The molecule has 1 saturated carbocycles. The quantitative estimate of drug-likeness (QED) is 0.884. The Bertz CT molecular complexity index is 484. The molecule has 2 aliphatic carbocycles. The summed E-state index contributed by atoms with van der Waals surface area (Å²) in [6.07, 6.45) is 7.86. The Kier molecular flexibility index (Phi) is 4.54. The summed E-state index contributed by atoms with van der Waals surface area (Å²) in [6, 6.07) is 7.27. The predicted molar refractivity (Wildman–Crippen MR) is 87.8 cm³/mol. The lowest BCUT2D eigenvalue weighted by Crippen LogP contribution is -2.29. The molecule has 4 atom stereocenters. The normalized spacial score (nSPS) is 32.5. The molecule has 1 aromatic carbocycles. The van der Waals surface area contributed by atoms with Crippen molar-refractivity contribution in [1.29, 1.82) is 0 Å². The van der Waals surface area contributed by atoms with Crippen molar-refractivity contribution in [1.82, 2.24) is 5.32 Å². The van der Waals surface area contributed by atoms with Gasteiger partial charge in [-0.25, -0.2) is 0 Å². The summed E-state index contributed by atoms with van der Waals surface area (Å²) in [7, 11) is 2.06. The number of rotatable bonds is 3. The summed E-state index contributed by atoms with van der Waals surface area (Å²) >= 11 is 0. The minimum atomic E-state index is 0.415. The van der Waals surface area contributed by atoms with Gasteiger partial charge in [-0.15, -0.1) is 0 Å². The molecule has 2 heteroatoms. The average molecular weight is 287 g/mol. The van der Waals surface area contributed by atoms with Crippen LogP contribution in [-0.2, 0) is 6.42 Å². The molecular weight excluding hydrogens is 258 g/mol. The standard InChI is InChI=1S/C19H29NO/c1-13-7-8-16(11-14(13)2)21-17-9-10-18-15(12-17)5-4-6-19(18)20-3/h9-10,12-14,16,19-20H,4-8,11H2,1-3H3. The maximum absolute atomic E-state index is 6.29.